The fraction of sp³-hybridized carbons (Fsp3) is 0.300. The molecule has 13 heavy (non-hydrogen) atoms. The van der Waals surface area contributed by atoms with Crippen LogP contribution in [-0.4, -0.2) is 12.5 Å². The second kappa shape index (κ2) is 3.09. The third-order valence-electron chi connectivity index (χ3n) is 2.27. The van der Waals surface area contributed by atoms with Crippen LogP contribution in [0.15, 0.2) is 24.3 Å². The van der Waals surface area contributed by atoms with Crippen molar-refractivity contribution < 1.29 is 4.79 Å². The lowest BCUT2D eigenvalue weighted by molar-refractivity contribution is -0.107. The highest BCUT2D eigenvalue weighted by molar-refractivity contribution is 5.83. The molecular formula is C10H12N2O. The molecule has 0 atom stereocenters. The minimum Gasteiger partial charge on any atom is -0.397 e. The molecule has 1 aromatic rings. The van der Waals surface area contributed by atoms with Crippen LogP contribution in [0.4, 0.5) is 11.4 Å². The van der Waals surface area contributed by atoms with Crippen molar-refractivity contribution in [3.63, 3.8) is 0 Å². The highest BCUT2D eigenvalue weighted by Gasteiger charge is 2.29. The molecule has 1 fully saturated rings. The van der Waals surface area contributed by atoms with Gasteiger partial charge in [-0.3, -0.25) is 4.79 Å². The van der Waals surface area contributed by atoms with E-state index in [1.807, 2.05) is 24.3 Å². The number of para-hydroxylation sites is 2. The van der Waals surface area contributed by atoms with Crippen LogP contribution in [0.5, 0.6) is 0 Å². The van der Waals surface area contributed by atoms with E-state index in [0.29, 0.717) is 11.7 Å². The van der Waals surface area contributed by atoms with Gasteiger partial charge < -0.3 is 10.6 Å². The Hall–Kier alpha value is -1.51. The summed E-state index contributed by atoms with van der Waals surface area (Å²) in [5, 5.41) is 0. The molecule has 0 bridgehead atoms. The maximum atomic E-state index is 10.8. The summed E-state index contributed by atoms with van der Waals surface area (Å²) in [6, 6.07) is 7.83. The van der Waals surface area contributed by atoms with E-state index in [0.717, 1.165) is 24.9 Å². The zero-order valence-corrected chi connectivity index (χ0v) is 7.31. The standard InChI is InChI=1S/C10H12N2O/c11-9-3-1-2-4-10(9)12(7-13)8-5-6-8/h1-4,7-8H,5-6,11H2. The van der Waals surface area contributed by atoms with Gasteiger partial charge in [0.2, 0.25) is 6.41 Å². The maximum absolute atomic E-state index is 10.8. The molecule has 3 nitrogen and oxygen atoms in total. The molecule has 68 valence electrons. The molecule has 1 aliphatic carbocycles. The Morgan fingerprint density at radius 3 is 2.62 bits per heavy atom. The summed E-state index contributed by atoms with van der Waals surface area (Å²) in [4.78, 5) is 12.5. The topological polar surface area (TPSA) is 46.3 Å². The quantitative estimate of drug-likeness (QED) is 0.559. The molecule has 0 saturated heterocycles. The molecule has 1 aliphatic rings. The zero-order valence-electron chi connectivity index (χ0n) is 7.31. The van der Waals surface area contributed by atoms with Crippen LogP contribution < -0.4 is 10.6 Å². The fourth-order valence-electron chi connectivity index (χ4n) is 1.41. The first-order chi connectivity index (χ1) is 6.33. The van der Waals surface area contributed by atoms with Crippen LogP contribution in [0.3, 0.4) is 0 Å². The second-order valence-corrected chi connectivity index (χ2v) is 3.30. The summed E-state index contributed by atoms with van der Waals surface area (Å²) in [7, 11) is 0. The molecule has 0 radical (unpaired) electrons. The van der Waals surface area contributed by atoms with E-state index in [9.17, 15) is 4.79 Å². The first-order valence-corrected chi connectivity index (χ1v) is 4.41. The van der Waals surface area contributed by atoms with Gasteiger partial charge in [0.25, 0.3) is 0 Å². The number of amides is 1. The van der Waals surface area contributed by atoms with Gasteiger partial charge in [-0.1, -0.05) is 12.1 Å². The first-order valence-electron chi connectivity index (χ1n) is 4.41. The summed E-state index contributed by atoms with van der Waals surface area (Å²) in [6.45, 7) is 0. The number of carbonyl (C=O) groups excluding carboxylic acids is 1. The average Bonchev–Trinajstić information content (AvgIpc) is 2.93. The van der Waals surface area contributed by atoms with E-state index < -0.39 is 0 Å². The highest BCUT2D eigenvalue weighted by atomic mass is 16.1. The van der Waals surface area contributed by atoms with E-state index in [4.69, 9.17) is 5.73 Å². The Bertz CT molecular complexity index is 320. The monoisotopic (exact) mass is 176 g/mol. The Morgan fingerprint density at radius 1 is 1.38 bits per heavy atom. The molecule has 2 rings (SSSR count). The summed E-state index contributed by atoms with van der Waals surface area (Å²) in [5.41, 5.74) is 7.26. The van der Waals surface area contributed by atoms with Gasteiger partial charge in [-0.05, 0) is 25.0 Å². The predicted octanol–water partition coefficient (Wildman–Crippen LogP) is 1.39. The predicted molar refractivity (Wildman–Crippen MR) is 52.4 cm³/mol. The number of nitrogens with two attached hydrogens (primary N) is 1. The van der Waals surface area contributed by atoms with Crippen molar-refractivity contribution in [2.24, 2.45) is 0 Å². The number of nitrogens with zero attached hydrogens (tertiary/aromatic N) is 1. The number of hydrogen-bond acceptors (Lipinski definition) is 2. The molecular weight excluding hydrogens is 164 g/mol. The molecule has 1 aromatic carbocycles. The first kappa shape index (κ1) is 8.10. The minimum absolute atomic E-state index is 0.377. The molecule has 0 unspecified atom stereocenters. The number of nitrogen functional groups attached to an aromatic ring is 1. The van der Waals surface area contributed by atoms with E-state index in [1.54, 1.807) is 4.90 Å². The summed E-state index contributed by atoms with van der Waals surface area (Å²) >= 11 is 0. The fourth-order valence-corrected chi connectivity index (χ4v) is 1.41. The number of benzene rings is 1. The van der Waals surface area contributed by atoms with Crippen LogP contribution in [-0.2, 0) is 4.79 Å². The Morgan fingerprint density at radius 2 is 2.08 bits per heavy atom. The van der Waals surface area contributed by atoms with Crippen molar-refractivity contribution in [2.75, 3.05) is 10.6 Å². The van der Waals surface area contributed by atoms with Crippen LogP contribution in [0.2, 0.25) is 0 Å². The molecule has 0 spiro atoms. The Labute approximate surface area is 77.1 Å². The van der Waals surface area contributed by atoms with Crippen LogP contribution in [0.25, 0.3) is 0 Å². The molecule has 1 amide bonds. The zero-order chi connectivity index (χ0) is 9.26. The number of rotatable bonds is 3. The lowest BCUT2D eigenvalue weighted by Crippen LogP contribution is -2.24. The van der Waals surface area contributed by atoms with Gasteiger partial charge in [-0.15, -0.1) is 0 Å². The van der Waals surface area contributed by atoms with Crippen LogP contribution in [0, 0.1) is 0 Å². The van der Waals surface area contributed by atoms with Gasteiger partial charge in [0.1, 0.15) is 0 Å². The Kier molecular flexibility index (Phi) is 1.93. The highest BCUT2D eigenvalue weighted by Crippen LogP contribution is 2.33. The number of anilines is 2. The summed E-state index contributed by atoms with van der Waals surface area (Å²) in [6.07, 6.45) is 3.05. The summed E-state index contributed by atoms with van der Waals surface area (Å²) < 4.78 is 0. The van der Waals surface area contributed by atoms with Crippen LogP contribution in [0.1, 0.15) is 12.8 Å². The van der Waals surface area contributed by atoms with E-state index in [2.05, 4.69) is 0 Å². The van der Waals surface area contributed by atoms with Crippen molar-refractivity contribution in [2.45, 2.75) is 18.9 Å². The largest absolute Gasteiger partial charge is 0.397 e. The minimum atomic E-state index is 0.377. The van der Waals surface area contributed by atoms with E-state index in [1.165, 1.54) is 0 Å². The molecule has 1 saturated carbocycles. The van der Waals surface area contributed by atoms with E-state index in [-0.39, 0.29) is 0 Å². The van der Waals surface area contributed by atoms with Gasteiger partial charge >= 0.3 is 0 Å². The van der Waals surface area contributed by atoms with Gasteiger partial charge in [-0.2, -0.15) is 0 Å². The van der Waals surface area contributed by atoms with Crippen molar-refractivity contribution in [1.29, 1.82) is 0 Å². The van der Waals surface area contributed by atoms with E-state index >= 15 is 0 Å². The van der Waals surface area contributed by atoms with Crippen molar-refractivity contribution in [3.8, 4) is 0 Å². The van der Waals surface area contributed by atoms with Crippen LogP contribution >= 0.6 is 0 Å². The molecule has 0 aliphatic heterocycles. The van der Waals surface area contributed by atoms with Crippen molar-refractivity contribution >= 4 is 17.8 Å². The lowest BCUT2D eigenvalue weighted by atomic mass is 10.2. The van der Waals surface area contributed by atoms with Crippen molar-refractivity contribution in [1.82, 2.24) is 0 Å². The third kappa shape index (κ3) is 1.49. The smallest absolute Gasteiger partial charge is 0.214 e. The molecule has 0 aromatic heterocycles. The third-order valence-corrected chi connectivity index (χ3v) is 2.27. The van der Waals surface area contributed by atoms with Gasteiger partial charge in [-0.25, -0.2) is 0 Å². The molecule has 2 N–H and O–H groups in total. The second-order valence-electron chi connectivity index (χ2n) is 3.30. The maximum Gasteiger partial charge on any atom is 0.214 e. The Balaban J connectivity index is 2.31. The summed E-state index contributed by atoms with van der Waals surface area (Å²) in [5.74, 6) is 0. The van der Waals surface area contributed by atoms with Crippen molar-refractivity contribution in [3.05, 3.63) is 24.3 Å². The lowest BCUT2D eigenvalue weighted by Gasteiger charge is -2.18. The average molecular weight is 176 g/mol. The SMILES string of the molecule is Nc1ccccc1N(C=O)C1CC1. The van der Waals surface area contributed by atoms with Gasteiger partial charge in [0.15, 0.2) is 0 Å². The molecule has 3 heteroatoms. The van der Waals surface area contributed by atoms with Gasteiger partial charge in [0, 0.05) is 6.04 Å². The number of hydrogen-bond donors (Lipinski definition) is 1. The van der Waals surface area contributed by atoms with Gasteiger partial charge in [0.05, 0.1) is 11.4 Å². The normalized spacial score (nSPS) is 15.4. The number of carbonyl (C=O) groups is 1. The molecule has 0 heterocycles.